The van der Waals surface area contributed by atoms with Crippen LogP contribution < -0.4 is 4.74 Å². The highest BCUT2D eigenvalue weighted by Crippen LogP contribution is 2.23. The lowest BCUT2D eigenvalue weighted by Gasteiger charge is -2.10. The summed E-state index contributed by atoms with van der Waals surface area (Å²) >= 11 is 0. The topological polar surface area (TPSA) is 77.5 Å². The maximum atomic E-state index is 11.4. The SMILES string of the molecule is Cc1ccc(S(=O)(=O)Cl)cc1COc1cccc(S(=O)(=O)Cl)c1. The van der Waals surface area contributed by atoms with Crippen LogP contribution in [0.4, 0.5) is 0 Å². The second kappa shape index (κ2) is 6.68. The summed E-state index contributed by atoms with van der Waals surface area (Å²) in [5.41, 5.74) is 1.43. The predicted octanol–water partition coefficient (Wildman–Crippen LogP) is 3.43. The summed E-state index contributed by atoms with van der Waals surface area (Å²) < 4.78 is 50.8. The molecule has 124 valence electrons. The van der Waals surface area contributed by atoms with E-state index in [1.54, 1.807) is 19.1 Å². The number of ether oxygens (including phenoxy) is 1. The van der Waals surface area contributed by atoms with Crippen LogP contribution >= 0.6 is 21.4 Å². The maximum Gasteiger partial charge on any atom is 0.261 e. The van der Waals surface area contributed by atoms with Crippen molar-refractivity contribution in [2.45, 2.75) is 23.3 Å². The Kier molecular flexibility index (Phi) is 5.25. The molecule has 0 amide bonds. The van der Waals surface area contributed by atoms with Crippen molar-refractivity contribution >= 4 is 39.5 Å². The van der Waals surface area contributed by atoms with Crippen molar-refractivity contribution in [3.8, 4) is 5.75 Å². The summed E-state index contributed by atoms with van der Waals surface area (Å²) in [7, 11) is 2.92. The van der Waals surface area contributed by atoms with E-state index < -0.39 is 18.1 Å². The third kappa shape index (κ3) is 4.84. The number of hydrogen-bond acceptors (Lipinski definition) is 5. The minimum absolute atomic E-state index is 0.0274. The van der Waals surface area contributed by atoms with Crippen LogP contribution in [0, 0.1) is 6.92 Å². The fourth-order valence-electron chi connectivity index (χ4n) is 1.83. The maximum absolute atomic E-state index is 11.4. The molecule has 0 aliphatic heterocycles. The number of rotatable bonds is 5. The Balaban J connectivity index is 2.25. The molecular formula is C14H12Cl2O5S2. The molecule has 0 saturated carbocycles. The molecule has 0 atom stereocenters. The van der Waals surface area contributed by atoms with Crippen molar-refractivity contribution in [1.82, 2.24) is 0 Å². The van der Waals surface area contributed by atoms with Gasteiger partial charge in [0.05, 0.1) is 9.79 Å². The summed E-state index contributed by atoms with van der Waals surface area (Å²) in [6.45, 7) is 1.85. The van der Waals surface area contributed by atoms with Gasteiger partial charge in [-0.1, -0.05) is 12.1 Å². The molecule has 2 rings (SSSR count). The molecule has 0 bridgehead atoms. The van der Waals surface area contributed by atoms with E-state index in [1.165, 1.54) is 30.3 Å². The number of benzene rings is 2. The lowest BCUT2D eigenvalue weighted by Crippen LogP contribution is -2.01. The molecule has 2 aromatic rings. The van der Waals surface area contributed by atoms with Gasteiger partial charge < -0.3 is 4.74 Å². The van der Waals surface area contributed by atoms with Crippen molar-refractivity contribution in [2.75, 3.05) is 0 Å². The molecule has 0 aliphatic carbocycles. The molecule has 0 spiro atoms. The van der Waals surface area contributed by atoms with Crippen molar-refractivity contribution in [1.29, 1.82) is 0 Å². The fourth-order valence-corrected chi connectivity index (χ4v) is 3.42. The first-order chi connectivity index (χ1) is 10.6. The Morgan fingerprint density at radius 1 is 0.913 bits per heavy atom. The van der Waals surface area contributed by atoms with E-state index in [0.29, 0.717) is 11.3 Å². The van der Waals surface area contributed by atoms with Gasteiger partial charge in [0.15, 0.2) is 0 Å². The minimum atomic E-state index is -3.85. The van der Waals surface area contributed by atoms with Gasteiger partial charge in [0.25, 0.3) is 18.1 Å². The van der Waals surface area contributed by atoms with E-state index in [4.69, 9.17) is 26.1 Å². The van der Waals surface area contributed by atoms with E-state index in [1.807, 2.05) is 0 Å². The quantitative estimate of drug-likeness (QED) is 0.725. The zero-order valence-electron chi connectivity index (χ0n) is 11.9. The van der Waals surface area contributed by atoms with Crippen LogP contribution in [0.15, 0.2) is 52.3 Å². The molecule has 2 aromatic carbocycles. The standard InChI is InChI=1S/C14H12Cl2O5S2/c1-10-5-6-14(23(16,19)20)7-11(10)9-21-12-3-2-4-13(8-12)22(15,17)18/h2-8H,9H2,1H3. The van der Waals surface area contributed by atoms with Gasteiger partial charge in [-0.15, -0.1) is 0 Å². The van der Waals surface area contributed by atoms with E-state index >= 15 is 0 Å². The Hall–Kier alpha value is -1.28. The van der Waals surface area contributed by atoms with Crippen molar-refractivity contribution < 1.29 is 21.6 Å². The molecule has 23 heavy (non-hydrogen) atoms. The zero-order chi connectivity index (χ0) is 17.3. The van der Waals surface area contributed by atoms with Crippen LogP contribution in [0.1, 0.15) is 11.1 Å². The van der Waals surface area contributed by atoms with E-state index in [-0.39, 0.29) is 16.4 Å². The Morgan fingerprint density at radius 3 is 2.13 bits per heavy atom. The van der Waals surface area contributed by atoms with Gasteiger partial charge in [-0.3, -0.25) is 0 Å². The van der Waals surface area contributed by atoms with Crippen LogP contribution in [0.3, 0.4) is 0 Å². The second-order valence-electron chi connectivity index (χ2n) is 4.73. The largest absolute Gasteiger partial charge is 0.489 e. The summed E-state index contributed by atoms with van der Waals surface area (Å²) in [5, 5.41) is 0. The molecule has 0 N–H and O–H groups in total. The van der Waals surface area contributed by atoms with Crippen LogP contribution in [-0.4, -0.2) is 16.8 Å². The van der Waals surface area contributed by atoms with E-state index in [9.17, 15) is 16.8 Å². The Labute approximate surface area is 143 Å². The molecule has 0 aromatic heterocycles. The highest BCUT2D eigenvalue weighted by atomic mass is 35.7. The van der Waals surface area contributed by atoms with Gasteiger partial charge in [0.1, 0.15) is 12.4 Å². The molecule has 0 unspecified atom stereocenters. The van der Waals surface area contributed by atoms with Gasteiger partial charge >= 0.3 is 0 Å². The third-order valence-electron chi connectivity index (χ3n) is 3.08. The highest BCUT2D eigenvalue weighted by molar-refractivity contribution is 8.14. The first-order valence-corrected chi connectivity index (χ1v) is 10.9. The number of hydrogen-bond donors (Lipinski definition) is 0. The summed E-state index contributed by atoms with van der Waals surface area (Å²) in [6, 6.07) is 10.1. The Morgan fingerprint density at radius 2 is 1.52 bits per heavy atom. The van der Waals surface area contributed by atoms with Crippen LogP contribution in [0.25, 0.3) is 0 Å². The molecular weight excluding hydrogens is 383 g/mol. The fraction of sp³-hybridized carbons (Fsp3) is 0.143. The minimum Gasteiger partial charge on any atom is -0.489 e. The monoisotopic (exact) mass is 394 g/mol. The highest BCUT2D eigenvalue weighted by Gasteiger charge is 2.13. The molecule has 0 aliphatic rings. The third-order valence-corrected chi connectivity index (χ3v) is 5.79. The van der Waals surface area contributed by atoms with Crippen molar-refractivity contribution in [3.05, 3.63) is 53.6 Å². The molecule has 5 nitrogen and oxygen atoms in total. The van der Waals surface area contributed by atoms with Gasteiger partial charge in [-0.2, -0.15) is 0 Å². The van der Waals surface area contributed by atoms with Crippen molar-refractivity contribution in [3.63, 3.8) is 0 Å². The summed E-state index contributed by atoms with van der Waals surface area (Å²) in [5.74, 6) is 0.297. The molecule has 0 saturated heterocycles. The lowest BCUT2D eigenvalue weighted by atomic mass is 10.1. The summed E-state index contributed by atoms with van der Waals surface area (Å²) in [6.07, 6.45) is 0. The van der Waals surface area contributed by atoms with Gasteiger partial charge in [-0.05, 0) is 42.3 Å². The van der Waals surface area contributed by atoms with Crippen LogP contribution in [0.2, 0.25) is 0 Å². The van der Waals surface area contributed by atoms with E-state index in [2.05, 4.69) is 0 Å². The lowest BCUT2D eigenvalue weighted by molar-refractivity contribution is 0.304. The second-order valence-corrected chi connectivity index (χ2v) is 9.86. The smallest absolute Gasteiger partial charge is 0.261 e. The van der Waals surface area contributed by atoms with Crippen LogP contribution in [-0.2, 0) is 24.7 Å². The normalized spacial score (nSPS) is 12.1. The predicted molar refractivity (Wildman–Crippen MR) is 88.0 cm³/mol. The average molecular weight is 395 g/mol. The molecule has 0 radical (unpaired) electrons. The number of halogens is 2. The van der Waals surface area contributed by atoms with Gasteiger partial charge in [0, 0.05) is 27.4 Å². The average Bonchev–Trinajstić information content (AvgIpc) is 2.44. The first-order valence-electron chi connectivity index (χ1n) is 6.29. The van der Waals surface area contributed by atoms with Crippen LogP contribution in [0.5, 0.6) is 5.75 Å². The Bertz CT molecular complexity index is 937. The van der Waals surface area contributed by atoms with Gasteiger partial charge in [-0.25, -0.2) is 16.8 Å². The van der Waals surface area contributed by atoms with E-state index in [0.717, 1.165) is 5.56 Å². The van der Waals surface area contributed by atoms with Crippen molar-refractivity contribution in [2.24, 2.45) is 0 Å². The first kappa shape index (κ1) is 18.1. The molecule has 0 fully saturated rings. The number of aryl methyl sites for hydroxylation is 1. The summed E-state index contributed by atoms with van der Waals surface area (Å²) in [4.78, 5) is -0.106. The molecule has 9 heteroatoms. The van der Waals surface area contributed by atoms with Gasteiger partial charge in [0.2, 0.25) is 0 Å². The zero-order valence-corrected chi connectivity index (χ0v) is 15.0. The molecule has 0 heterocycles.